The van der Waals surface area contributed by atoms with E-state index < -0.39 is 0 Å². The Morgan fingerprint density at radius 3 is 3.06 bits per heavy atom. The monoisotopic (exact) mass is 218 g/mol. The van der Waals surface area contributed by atoms with Crippen LogP contribution in [0.25, 0.3) is 0 Å². The highest BCUT2D eigenvalue weighted by Crippen LogP contribution is 2.30. The molecule has 1 aliphatic carbocycles. The van der Waals surface area contributed by atoms with Crippen molar-refractivity contribution in [1.29, 1.82) is 0 Å². The first-order valence-electron chi connectivity index (χ1n) is 5.74. The Labute approximate surface area is 94.4 Å². The van der Waals surface area contributed by atoms with E-state index in [9.17, 15) is 4.79 Å². The molecule has 1 saturated heterocycles. The summed E-state index contributed by atoms with van der Waals surface area (Å²) in [5.74, 6) is 0.950. The molecule has 84 valence electrons. The molecule has 2 aliphatic rings. The van der Waals surface area contributed by atoms with Gasteiger partial charge in [-0.1, -0.05) is 12.1 Å². The van der Waals surface area contributed by atoms with E-state index in [0.717, 1.165) is 36.3 Å². The van der Waals surface area contributed by atoms with Crippen LogP contribution in [0.3, 0.4) is 0 Å². The lowest BCUT2D eigenvalue weighted by Gasteiger charge is -2.18. The minimum atomic E-state index is 0.216. The van der Waals surface area contributed by atoms with E-state index in [2.05, 4.69) is 0 Å². The summed E-state index contributed by atoms with van der Waals surface area (Å²) in [6.45, 7) is 1.34. The number of epoxide rings is 1. The molecule has 0 amide bonds. The van der Waals surface area contributed by atoms with Crippen molar-refractivity contribution in [3.05, 3.63) is 29.3 Å². The summed E-state index contributed by atoms with van der Waals surface area (Å²) in [5.41, 5.74) is 1.93. The highest BCUT2D eigenvalue weighted by molar-refractivity contribution is 6.01. The fourth-order valence-corrected chi connectivity index (χ4v) is 2.13. The summed E-state index contributed by atoms with van der Waals surface area (Å²) in [4.78, 5) is 11.9. The molecule has 3 nitrogen and oxygen atoms in total. The van der Waals surface area contributed by atoms with Crippen molar-refractivity contribution in [3.8, 4) is 5.75 Å². The number of Topliss-reactive ketones (excluding diaryl/α,β-unsaturated/α-hetero) is 1. The fraction of sp³-hybridized carbons (Fsp3) is 0.462. The van der Waals surface area contributed by atoms with Gasteiger partial charge in [0, 0.05) is 6.42 Å². The number of ketones is 1. The summed E-state index contributed by atoms with van der Waals surface area (Å²) >= 11 is 0. The molecule has 3 rings (SSSR count). The third-order valence-electron chi connectivity index (χ3n) is 3.07. The molecule has 16 heavy (non-hydrogen) atoms. The second kappa shape index (κ2) is 3.91. The van der Waals surface area contributed by atoms with E-state index in [4.69, 9.17) is 9.47 Å². The molecule has 1 unspecified atom stereocenters. The predicted molar refractivity (Wildman–Crippen MR) is 58.9 cm³/mol. The van der Waals surface area contributed by atoms with E-state index >= 15 is 0 Å². The van der Waals surface area contributed by atoms with Crippen LogP contribution in [-0.2, 0) is 11.2 Å². The minimum Gasteiger partial charge on any atom is -0.490 e. The number of fused-ring (bicyclic) bond motifs is 1. The van der Waals surface area contributed by atoms with Crippen LogP contribution in [0.2, 0.25) is 0 Å². The number of hydrogen-bond acceptors (Lipinski definition) is 3. The summed E-state index contributed by atoms with van der Waals surface area (Å²) in [5, 5.41) is 0. The smallest absolute Gasteiger partial charge is 0.166 e. The van der Waals surface area contributed by atoms with E-state index in [1.807, 2.05) is 18.2 Å². The van der Waals surface area contributed by atoms with Gasteiger partial charge < -0.3 is 9.47 Å². The Morgan fingerprint density at radius 2 is 2.25 bits per heavy atom. The molecule has 1 fully saturated rings. The number of carbonyl (C=O) groups is 1. The zero-order valence-electron chi connectivity index (χ0n) is 9.07. The number of ether oxygens (including phenoxy) is 2. The van der Waals surface area contributed by atoms with Crippen LogP contribution in [-0.4, -0.2) is 25.1 Å². The maximum absolute atomic E-state index is 11.9. The molecule has 1 aromatic rings. The van der Waals surface area contributed by atoms with Gasteiger partial charge in [-0.15, -0.1) is 0 Å². The molecular formula is C13H14O3. The van der Waals surface area contributed by atoms with Crippen LogP contribution in [0.5, 0.6) is 5.75 Å². The molecule has 1 atom stereocenters. The van der Waals surface area contributed by atoms with Gasteiger partial charge in [0.1, 0.15) is 18.5 Å². The van der Waals surface area contributed by atoms with Crippen LogP contribution >= 0.6 is 0 Å². The lowest BCUT2D eigenvalue weighted by Crippen LogP contribution is -2.14. The molecule has 1 heterocycles. The van der Waals surface area contributed by atoms with Crippen molar-refractivity contribution in [2.45, 2.75) is 25.4 Å². The minimum absolute atomic E-state index is 0.216. The molecule has 0 spiro atoms. The van der Waals surface area contributed by atoms with Gasteiger partial charge in [-0.05, 0) is 24.5 Å². The Kier molecular flexibility index (Phi) is 2.40. The second-order valence-corrected chi connectivity index (χ2v) is 4.33. The van der Waals surface area contributed by atoms with Crippen LogP contribution in [0.4, 0.5) is 0 Å². The standard InChI is InChI=1S/C13H14O3/c14-11-5-1-3-9-4-2-6-12(13(9)11)16-8-10-7-15-10/h2,4,6,10H,1,3,5,7-8H2. The first-order chi connectivity index (χ1) is 7.84. The van der Waals surface area contributed by atoms with Crippen molar-refractivity contribution in [2.75, 3.05) is 13.2 Å². The maximum Gasteiger partial charge on any atom is 0.166 e. The Morgan fingerprint density at radius 1 is 1.38 bits per heavy atom. The van der Waals surface area contributed by atoms with Crippen LogP contribution < -0.4 is 4.74 Å². The van der Waals surface area contributed by atoms with E-state index in [1.165, 1.54) is 0 Å². The molecule has 1 aromatic carbocycles. The van der Waals surface area contributed by atoms with Gasteiger partial charge in [0.2, 0.25) is 0 Å². The highest BCUT2D eigenvalue weighted by Gasteiger charge is 2.25. The van der Waals surface area contributed by atoms with Gasteiger partial charge >= 0.3 is 0 Å². The Balaban J connectivity index is 1.87. The third kappa shape index (κ3) is 1.83. The van der Waals surface area contributed by atoms with Crippen LogP contribution in [0, 0.1) is 0 Å². The molecule has 1 aliphatic heterocycles. The normalized spacial score (nSPS) is 22.8. The van der Waals surface area contributed by atoms with Gasteiger partial charge in [-0.3, -0.25) is 4.79 Å². The average molecular weight is 218 g/mol. The molecule has 0 aromatic heterocycles. The fourth-order valence-electron chi connectivity index (χ4n) is 2.13. The summed E-state index contributed by atoms with van der Waals surface area (Å²) < 4.78 is 10.7. The SMILES string of the molecule is O=C1CCCc2cccc(OCC3CO3)c21. The van der Waals surface area contributed by atoms with Crippen LogP contribution in [0.15, 0.2) is 18.2 Å². The third-order valence-corrected chi connectivity index (χ3v) is 3.07. The number of rotatable bonds is 3. The maximum atomic E-state index is 11.9. The van der Waals surface area contributed by atoms with E-state index in [0.29, 0.717) is 13.0 Å². The Hall–Kier alpha value is -1.35. The van der Waals surface area contributed by atoms with E-state index in [1.54, 1.807) is 0 Å². The van der Waals surface area contributed by atoms with Crippen molar-refractivity contribution >= 4 is 5.78 Å². The van der Waals surface area contributed by atoms with Crippen molar-refractivity contribution in [2.24, 2.45) is 0 Å². The van der Waals surface area contributed by atoms with E-state index in [-0.39, 0.29) is 11.9 Å². The summed E-state index contributed by atoms with van der Waals surface area (Å²) in [6, 6.07) is 5.86. The zero-order valence-corrected chi connectivity index (χ0v) is 9.07. The predicted octanol–water partition coefficient (Wildman–Crippen LogP) is 1.98. The second-order valence-electron chi connectivity index (χ2n) is 4.33. The number of carbonyl (C=O) groups excluding carboxylic acids is 1. The van der Waals surface area contributed by atoms with Crippen molar-refractivity contribution in [1.82, 2.24) is 0 Å². The number of hydrogen-bond donors (Lipinski definition) is 0. The Bertz CT molecular complexity index is 421. The summed E-state index contributed by atoms with van der Waals surface area (Å²) in [7, 11) is 0. The highest BCUT2D eigenvalue weighted by atomic mass is 16.6. The lowest BCUT2D eigenvalue weighted by atomic mass is 9.90. The van der Waals surface area contributed by atoms with Gasteiger partial charge in [0.15, 0.2) is 5.78 Å². The molecule has 0 bridgehead atoms. The zero-order chi connectivity index (χ0) is 11.0. The average Bonchev–Trinajstić information content (AvgIpc) is 3.10. The number of aryl methyl sites for hydroxylation is 1. The largest absolute Gasteiger partial charge is 0.490 e. The van der Waals surface area contributed by atoms with Gasteiger partial charge in [0.25, 0.3) is 0 Å². The van der Waals surface area contributed by atoms with Gasteiger partial charge in [-0.2, -0.15) is 0 Å². The first kappa shape index (κ1) is 9.85. The quantitative estimate of drug-likeness (QED) is 0.728. The van der Waals surface area contributed by atoms with Crippen molar-refractivity contribution < 1.29 is 14.3 Å². The molecule has 0 saturated carbocycles. The first-order valence-corrected chi connectivity index (χ1v) is 5.74. The lowest BCUT2D eigenvalue weighted by molar-refractivity contribution is 0.0967. The summed E-state index contributed by atoms with van der Waals surface area (Å²) in [6.07, 6.45) is 2.82. The molecule has 0 N–H and O–H groups in total. The van der Waals surface area contributed by atoms with Gasteiger partial charge in [0.05, 0.1) is 12.2 Å². The van der Waals surface area contributed by atoms with Crippen molar-refractivity contribution in [3.63, 3.8) is 0 Å². The molecule has 0 radical (unpaired) electrons. The number of benzene rings is 1. The van der Waals surface area contributed by atoms with Gasteiger partial charge in [-0.25, -0.2) is 0 Å². The molecular weight excluding hydrogens is 204 g/mol. The topological polar surface area (TPSA) is 38.8 Å². The molecule has 3 heteroatoms. The van der Waals surface area contributed by atoms with Crippen LogP contribution in [0.1, 0.15) is 28.8 Å².